The number of aryl methyl sites for hydroxylation is 2. The Balaban J connectivity index is 2.30. The number of hydrogen-bond acceptors (Lipinski definition) is 3. The highest BCUT2D eigenvalue weighted by Crippen LogP contribution is 2.23. The Morgan fingerprint density at radius 1 is 1.13 bits per heavy atom. The maximum atomic E-state index is 5.09. The molecule has 0 unspecified atom stereocenters. The predicted molar refractivity (Wildman–Crippen MR) is 60.4 cm³/mol. The summed E-state index contributed by atoms with van der Waals surface area (Å²) < 4.78 is 5.09. The Morgan fingerprint density at radius 3 is 2.47 bits per heavy atom. The van der Waals surface area contributed by atoms with Crippen LogP contribution in [0.4, 0.5) is 11.5 Å². The average Bonchev–Trinajstić information content (AvgIpc) is 2.53. The van der Waals surface area contributed by atoms with Crippen molar-refractivity contribution in [2.24, 2.45) is 0 Å². The number of aromatic nitrogens is 1. The SMILES string of the molecule is Cc1ccccc1Nc1noc(C)c1C. The monoisotopic (exact) mass is 202 g/mol. The third-order valence-corrected chi connectivity index (χ3v) is 2.56. The van der Waals surface area contributed by atoms with Gasteiger partial charge in [-0.25, -0.2) is 0 Å². The highest BCUT2D eigenvalue weighted by molar-refractivity contribution is 5.62. The summed E-state index contributed by atoms with van der Waals surface area (Å²) in [5.41, 5.74) is 3.31. The van der Waals surface area contributed by atoms with E-state index in [1.807, 2.05) is 32.0 Å². The number of para-hydroxylation sites is 1. The van der Waals surface area contributed by atoms with E-state index in [1.165, 1.54) is 5.56 Å². The van der Waals surface area contributed by atoms with E-state index in [9.17, 15) is 0 Å². The van der Waals surface area contributed by atoms with Crippen molar-refractivity contribution in [3.8, 4) is 0 Å². The van der Waals surface area contributed by atoms with E-state index >= 15 is 0 Å². The van der Waals surface area contributed by atoms with Crippen LogP contribution in [0.5, 0.6) is 0 Å². The van der Waals surface area contributed by atoms with Crippen molar-refractivity contribution < 1.29 is 4.52 Å². The van der Waals surface area contributed by atoms with Crippen LogP contribution in [0.3, 0.4) is 0 Å². The van der Waals surface area contributed by atoms with E-state index in [4.69, 9.17) is 4.52 Å². The number of rotatable bonds is 2. The van der Waals surface area contributed by atoms with E-state index in [0.29, 0.717) is 0 Å². The molecule has 0 spiro atoms. The number of nitrogens with one attached hydrogen (secondary N) is 1. The molecule has 1 aromatic heterocycles. The van der Waals surface area contributed by atoms with E-state index in [0.717, 1.165) is 22.8 Å². The van der Waals surface area contributed by atoms with Crippen molar-refractivity contribution in [1.82, 2.24) is 5.16 Å². The number of nitrogens with zero attached hydrogens (tertiary/aromatic N) is 1. The molecule has 3 nitrogen and oxygen atoms in total. The van der Waals surface area contributed by atoms with Crippen molar-refractivity contribution in [3.63, 3.8) is 0 Å². The molecule has 0 atom stereocenters. The van der Waals surface area contributed by atoms with E-state index in [2.05, 4.69) is 23.5 Å². The molecule has 0 aliphatic heterocycles. The van der Waals surface area contributed by atoms with Crippen LogP contribution in [0.25, 0.3) is 0 Å². The average molecular weight is 202 g/mol. The maximum Gasteiger partial charge on any atom is 0.176 e. The first-order valence-electron chi connectivity index (χ1n) is 4.94. The van der Waals surface area contributed by atoms with Crippen LogP contribution in [0.15, 0.2) is 28.8 Å². The Bertz CT molecular complexity index is 474. The summed E-state index contributed by atoms with van der Waals surface area (Å²) in [6, 6.07) is 8.10. The summed E-state index contributed by atoms with van der Waals surface area (Å²) in [6.07, 6.45) is 0. The van der Waals surface area contributed by atoms with E-state index in [-0.39, 0.29) is 0 Å². The van der Waals surface area contributed by atoms with Gasteiger partial charge in [-0.1, -0.05) is 23.4 Å². The van der Waals surface area contributed by atoms with Gasteiger partial charge >= 0.3 is 0 Å². The van der Waals surface area contributed by atoms with Crippen molar-refractivity contribution in [3.05, 3.63) is 41.2 Å². The molecule has 0 fully saturated rings. The minimum atomic E-state index is 0.793. The van der Waals surface area contributed by atoms with Gasteiger partial charge in [-0.2, -0.15) is 0 Å². The van der Waals surface area contributed by atoms with Crippen LogP contribution in [-0.4, -0.2) is 5.16 Å². The van der Waals surface area contributed by atoms with Gasteiger partial charge in [0, 0.05) is 11.3 Å². The molecule has 0 radical (unpaired) electrons. The molecule has 1 aromatic carbocycles. The van der Waals surface area contributed by atoms with Gasteiger partial charge in [0.2, 0.25) is 0 Å². The minimum Gasteiger partial charge on any atom is -0.359 e. The first kappa shape index (κ1) is 9.77. The first-order chi connectivity index (χ1) is 7.18. The lowest BCUT2D eigenvalue weighted by Crippen LogP contribution is -1.94. The molecule has 2 rings (SSSR count). The fourth-order valence-electron chi connectivity index (χ4n) is 1.38. The number of anilines is 2. The lowest BCUT2D eigenvalue weighted by Gasteiger charge is -2.06. The van der Waals surface area contributed by atoms with Crippen molar-refractivity contribution in [2.75, 3.05) is 5.32 Å². The largest absolute Gasteiger partial charge is 0.359 e. The smallest absolute Gasteiger partial charge is 0.176 e. The fourth-order valence-corrected chi connectivity index (χ4v) is 1.38. The normalized spacial score (nSPS) is 10.3. The van der Waals surface area contributed by atoms with Crippen LogP contribution in [0.1, 0.15) is 16.9 Å². The van der Waals surface area contributed by atoms with E-state index < -0.39 is 0 Å². The Morgan fingerprint density at radius 2 is 1.87 bits per heavy atom. The lowest BCUT2D eigenvalue weighted by atomic mass is 10.2. The third kappa shape index (κ3) is 1.86. The second-order valence-corrected chi connectivity index (χ2v) is 3.65. The molecule has 1 N–H and O–H groups in total. The van der Waals surface area contributed by atoms with Gasteiger partial charge in [-0.3, -0.25) is 0 Å². The highest BCUT2D eigenvalue weighted by Gasteiger charge is 2.08. The third-order valence-electron chi connectivity index (χ3n) is 2.56. The summed E-state index contributed by atoms with van der Waals surface area (Å²) in [4.78, 5) is 0. The van der Waals surface area contributed by atoms with Gasteiger partial charge in [0.05, 0.1) is 0 Å². The molecule has 0 saturated heterocycles. The zero-order chi connectivity index (χ0) is 10.8. The summed E-state index contributed by atoms with van der Waals surface area (Å²) in [7, 11) is 0. The molecule has 3 heteroatoms. The molecule has 15 heavy (non-hydrogen) atoms. The van der Waals surface area contributed by atoms with Crippen molar-refractivity contribution in [1.29, 1.82) is 0 Å². The van der Waals surface area contributed by atoms with Crippen LogP contribution in [0.2, 0.25) is 0 Å². The van der Waals surface area contributed by atoms with Gasteiger partial charge in [0.1, 0.15) is 5.76 Å². The number of hydrogen-bond donors (Lipinski definition) is 1. The Kier molecular flexibility index (Phi) is 2.46. The second-order valence-electron chi connectivity index (χ2n) is 3.65. The molecule has 2 aromatic rings. The second kappa shape index (κ2) is 3.77. The summed E-state index contributed by atoms with van der Waals surface area (Å²) in [5.74, 6) is 1.65. The highest BCUT2D eigenvalue weighted by atomic mass is 16.5. The molecule has 0 aliphatic rings. The maximum absolute atomic E-state index is 5.09. The van der Waals surface area contributed by atoms with Crippen LogP contribution in [-0.2, 0) is 0 Å². The van der Waals surface area contributed by atoms with Gasteiger partial charge < -0.3 is 9.84 Å². The molecule has 1 heterocycles. The van der Waals surface area contributed by atoms with Gasteiger partial charge in [-0.05, 0) is 32.4 Å². The van der Waals surface area contributed by atoms with Crippen LogP contribution < -0.4 is 5.32 Å². The fraction of sp³-hybridized carbons (Fsp3) is 0.250. The molecular weight excluding hydrogens is 188 g/mol. The molecule has 78 valence electrons. The molecule has 0 saturated carbocycles. The standard InChI is InChI=1S/C12H14N2O/c1-8-6-4-5-7-11(8)13-12-9(2)10(3)15-14-12/h4-7H,1-3H3,(H,13,14). The summed E-state index contributed by atoms with van der Waals surface area (Å²) in [5, 5.41) is 7.22. The van der Waals surface area contributed by atoms with Crippen molar-refractivity contribution in [2.45, 2.75) is 20.8 Å². The molecule has 0 aliphatic carbocycles. The number of benzene rings is 1. The first-order valence-corrected chi connectivity index (χ1v) is 4.94. The predicted octanol–water partition coefficient (Wildman–Crippen LogP) is 3.34. The summed E-state index contributed by atoms with van der Waals surface area (Å²) in [6.45, 7) is 5.96. The summed E-state index contributed by atoms with van der Waals surface area (Å²) >= 11 is 0. The Labute approximate surface area is 89.1 Å². The Hall–Kier alpha value is -1.77. The van der Waals surface area contributed by atoms with Gasteiger partial charge in [0.15, 0.2) is 5.82 Å². The quantitative estimate of drug-likeness (QED) is 0.811. The molecule has 0 bridgehead atoms. The van der Waals surface area contributed by atoms with Crippen molar-refractivity contribution >= 4 is 11.5 Å². The lowest BCUT2D eigenvalue weighted by molar-refractivity contribution is 0.399. The zero-order valence-corrected chi connectivity index (χ0v) is 9.16. The van der Waals surface area contributed by atoms with Gasteiger partial charge in [0.25, 0.3) is 0 Å². The topological polar surface area (TPSA) is 38.1 Å². The van der Waals surface area contributed by atoms with Crippen LogP contribution >= 0.6 is 0 Å². The van der Waals surface area contributed by atoms with E-state index in [1.54, 1.807) is 0 Å². The zero-order valence-electron chi connectivity index (χ0n) is 9.16. The van der Waals surface area contributed by atoms with Gasteiger partial charge in [-0.15, -0.1) is 0 Å². The molecule has 0 amide bonds. The van der Waals surface area contributed by atoms with Crippen LogP contribution in [0, 0.1) is 20.8 Å². The molecular formula is C12H14N2O. The minimum absolute atomic E-state index is 0.793.